The van der Waals surface area contributed by atoms with Gasteiger partial charge in [-0.1, -0.05) is 13.8 Å². The Morgan fingerprint density at radius 1 is 1.32 bits per heavy atom. The van der Waals surface area contributed by atoms with E-state index in [1.165, 1.54) is 44.5 Å². The van der Waals surface area contributed by atoms with E-state index < -0.39 is 0 Å². The lowest BCUT2D eigenvalue weighted by Gasteiger charge is -2.46. The van der Waals surface area contributed by atoms with Gasteiger partial charge in [-0.3, -0.25) is 9.58 Å². The topological polar surface area (TPSA) is 33.1 Å². The zero-order valence-electron chi connectivity index (χ0n) is 12.8. The Hall–Kier alpha value is -0.870. The predicted molar refractivity (Wildman–Crippen MR) is 79.1 cm³/mol. The fourth-order valence-electron chi connectivity index (χ4n) is 3.81. The largest absolute Gasteiger partial charge is 0.310 e. The molecule has 0 radical (unpaired) electrons. The second-order valence-corrected chi connectivity index (χ2v) is 5.61. The van der Waals surface area contributed by atoms with Gasteiger partial charge in [0, 0.05) is 18.8 Å². The summed E-state index contributed by atoms with van der Waals surface area (Å²) in [5.74, 6) is 0. The zero-order valence-corrected chi connectivity index (χ0v) is 12.8. The molecule has 1 aliphatic heterocycles. The summed E-state index contributed by atoms with van der Waals surface area (Å²) in [5, 5.41) is 7.91. The zero-order chi connectivity index (χ0) is 13.9. The number of likely N-dealkylation sites (tertiary alicyclic amines) is 1. The SMILES string of the molecule is CCC(CC)(C(NC)c1ccnn1C)N1CCCC1. The highest BCUT2D eigenvalue weighted by Crippen LogP contribution is 2.38. The van der Waals surface area contributed by atoms with Crippen LogP contribution in [-0.4, -0.2) is 40.4 Å². The van der Waals surface area contributed by atoms with E-state index in [0.717, 1.165) is 0 Å². The third-order valence-electron chi connectivity index (χ3n) is 4.94. The van der Waals surface area contributed by atoms with Gasteiger partial charge in [0.15, 0.2) is 0 Å². The van der Waals surface area contributed by atoms with Gasteiger partial charge < -0.3 is 5.32 Å². The summed E-state index contributed by atoms with van der Waals surface area (Å²) in [5.41, 5.74) is 1.50. The molecular weight excluding hydrogens is 236 g/mol. The Bertz CT molecular complexity index is 389. The molecule has 4 nitrogen and oxygen atoms in total. The van der Waals surface area contributed by atoms with E-state index in [9.17, 15) is 0 Å². The first kappa shape index (κ1) is 14.5. The van der Waals surface area contributed by atoms with Crippen LogP contribution in [0.25, 0.3) is 0 Å². The minimum atomic E-state index is 0.207. The number of likely N-dealkylation sites (N-methyl/N-ethyl adjacent to an activating group) is 1. The second-order valence-electron chi connectivity index (χ2n) is 5.61. The molecule has 1 unspecified atom stereocenters. The first-order valence-corrected chi connectivity index (χ1v) is 7.59. The van der Waals surface area contributed by atoms with Crippen molar-refractivity contribution in [3.63, 3.8) is 0 Å². The molecule has 0 spiro atoms. The normalized spacial score (nSPS) is 18.9. The molecule has 1 N–H and O–H groups in total. The average Bonchev–Trinajstić information content (AvgIpc) is 3.08. The van der Waals surface area contributed by atoms with E-state index in [-0.39, 0.29) is 5.54 Å². The van der Waals surface area contributed by atoms with Crippen molar-refractivity contribution in [1.29, 1.82) is 0 Å². The number of aryl methyl sites for hydroxylation is 1. The highest BCUT2D eigenvalue weighted by Gasteiger charge is 2.43. The molecule has 108 valence electrons. The number of nitrogens with zero attached hydrogens (tertiary/aromatic N) is 3. The molecule has 2 rings (SSSR count). The molecule has 1 saturated heterocycles. The summed E-state index contributed by atoms with van der Waals surface area (Å²) < 4.78 is 2.01. The first-order valence-electron chi connectivity index (χ1n) is 7.59. The van der Waals surface area contributed by atoms with Crippen molar-refractivity contribution < 1.29 is 0 Å². The van der Waals surface area contributed by atoms with Crippen LogP contribution in [0.4, 0.5) is 0 Å². The van der Waals surface area contributed by atoms with Crippen LogP contribution in [0.5, 0.6) is 0 Å². The van der Waals surface area contributed by atoms with Gasteiger partial charge in [-0.05, 0) is 51.9 Å². The van der Waals surface area contributed by atoms with Crippen LogP contribution in [0.2, 0.25) is 0 Å². The summed E-state index contributed by atoms with van der Waals surface area (Å²) in [4.78, 5) is 2.70. The van der Waals surface area contributed by atoms with Crippen LogP contribution >= 0.6 is 0 Å². The van der Waals surface area contributed by atoms with Gasteiger partial charge in [0.05, 0.1) is 11.7 Å². The molecule has 0 bridgehead atoms. The van der Waals surface area contributed by atoms with Gasteiger partial charge in [0.1, 0.15) is 0 Å². The Balaban J connectivity index is 2.37. The molecule has 0 aliphatic carbocycles. The van der Waals surface area contributed by atoms with Gasteiger partial charge in [0.2, 0.25) is 0 Å². The molecule has 4 heteroatoms. The Kier molecular flexibility index (Phi) is 4.63. The highest BCUT2D eigenvalue weighted by molar-refractivity contribution is 5.15. The van der Waals surface area contributed by atoms with Crippen LogP contribution in [0.3, 0.4) is 0 Å². The molecule has 1 atom stereocenters. The first-order chi connectivity index (χ1) is 9.19. The number of nitrogens with one attached hydrogen (secondary N) is 1. The van der Waals surface area contributed by atoms with Crippen LogP contribution < -0.4 is 5.32 Å². The highest BCUT2D eigenvalue weighted by atomic mass is 15.3. The van der Waals surface area contributed by atoms with Crippen LogP contribution in [0, 0.1) is 0 Å². The maximum atomic E-state index is 4.35. The summed E-state index contributed by atoms with van der Waals surface area (Å²) in [6, 6.07) is 2.49. The van der Waals surface area contributed by atoms with E-state index in [2.05, 4.69) is 42.3 Å². The smallest absolute Gasteiger partial charge is 0.0676 e. The molecule has 19 heavy (non-hydrogen) atoms. The van der Waals surface area contributed by atoms with Gasteiger partial charge in [-0.15, -0.1) is 0 Å². The molecule has 1 fully saturated rings. The molecule has 2 heterocycles. The van der Waals surface area contributed by atoms with Crippen molar-refractivity contribution >= 4 is 0 Å². The Morgan fingerprint density at radius 2 is 1.95 bits per heavy atom. The van der Waals surface area contributed by atoms with Crippen LogP contribution in [0.15, 0.2) is 12.3 Å². The quantitative estimate of drug-likeness (QED) is 0.856. The van der Waals surface area contributed by atoms with Crippen molar-refractivity contribution in [2.45, 2.75) is 51.1 Å². The minimum Gasteiger partial charge on any atom is -0.310 e. The summed E-state index contributed by atoms with van der Waals surface area (Å²) >= 11 is 0. The molecule has 1 aromatic heterocycles. The van der Waals surface area contributed by atoms with Crippen LogP contribution in [-0.2, 0) is 7.05 Å². The van der Waals surface area contributed by atoms with Crippen molar-refractivity contribution in [3.05, 3.63) is 18.0 Å². The molecule has 0 aromatic carbocycles. The summed E-state index contributed by atoms with van der Waals surface area (Å²) in [7, 11) is 4.12. The van der Waals surface area contributed by atoms with Crippen molar-refractivity contribution in [2.24, 2.45) is 7.05 Å². The third kappa shape index (κ3) is 2.43. The average molecular weight is 264 g/mol. The van der Waals surface area contributed by atoms with Crippen molar-refractivity contribution in [3.8, 4) is 0 Å². The van der Waals surface area contributed by atoms with E-state index in [0.29, 0.717) is 6.04 Å². The molecule has 1 aliphatic rings. The van der Waals surface area contributed by atoms with E-state index in [4.69, 9.17) is 0 Å². The Labute approximate surface area is 117 Å². The van der Waals surface area contributed by atoms with E-state index in [1.54, 1.807) is 0 Å². The molecule has 1 aromatic rings. The van der Waals surface area contributed by atoms with Crippen molar-refractivity contribution in [1.82, 2.24) is 20.0 Å². The van der Waals surface area contributed by atoms with Gasteiger partial charge in [-0.2, -0.15) is 5.10 Å². The van der Waals surface area contributed by atoms with Gasteiger partial charge in [0.25, 0.3) is 0 Å². The Morgan fingerprint density at radius 3 is 2.37 bits per heavy atom. The summed E-state index contributed by atoms with van der Waals surface area (Å²) in [6.45, 7) is 7.11. The van der Waals surface area contributed by atoms with E-state index >= 15 is 0 Å². The molecular formula is C15H28N4. The van der Waals surface area contributed by atoms with Gasteiger partial charge >= 0.3 is 0 Å². The summed E-state index contributed by atoms with van der Waals surface area (Å²) in [6.07, 6.45) is 6.91. The second kappa shape index (κ2) is 6.06. The standard InChI is InChI=1S/C15H28N4/c1-5-15(6-2,19-11-7-8-12-19)14(16-3)13-9-10-17-18(13)4/h9-10,14,16H,5-8,11-12H2,1-4H3. The maximum Gasteiger partial charge on any atom is 0.0676 e. The van der Waals surface area contributed by atoms with Crippen LogP contribution in [0.1, 0.15) is 51.3 Å². The fraction of sp³-hybridized carbons (Fsp3) is 0.800. The maximum absolute atomic E-state index is 4.35. The molecule has 0 amide bonds. The predicted octanol–water partition coefficient (Wildman–Crippen LogP) is 2.34. The van der Waals surface area contributed by atoms with E-state index in [1.807, 2.05) is 17.9 Å². The lowest BCUT2D eigenvalue weighted by atomic mass is 9.81. The number of rotatable bonds is 6. The number of hydrogen-bond donors (Lipinski definition) is 1. The van der Waals surface area contributed by atoms with Gasteiger partial charge in [-0.25, -0.2) is 0 Å². The molecule has 0 saturated carbocycles. The van der Waals surface area contributed by atoms with Crippen molar-refractivity contribution in [2.75, 3.05) is 20.1 Å². The third-order valence-corrected chi connectivity index (χ3v) is 4.94. The fourth-order valence-corrected chi connectivity index (χ4v) is 3.81. The minimum absolute atomic E-state index is 0.207. The lowest BCUT2D eigenvalue weighted by molar-refractivity contribution is 0.0616. The number of hydrogen-bond acceptors (Lipinski definition) is 3. The number of aromatic nitrogens is 2. The lowest BCUT2D eigenvalue weighted by Crippen LogP contribution is -2.55. The monoisotopic (exact) mass is 264 g/mol.